The second kappa shape index (κ2) is 18.3. The Morgan fingerprint density at radius 3 is 2.60 bits per heavy atom. The van der Waals surface area contributed by atoms with E-state index < -0.39 is 16.6 Å². The fourth-order valence-corrected chi connectivity index (χ4v) is 9.67. The summed E-state index contributed by atoms with van der Waals surface area (Å²) in [4.78, 5) is 15.8. The first-order valence-electron chi connectivity index (χ1n) is 17.9. The number of halogens is 1. The van der Waals surface area contributed by atoms with Crippen LogP contribution in [0.25, 0.3) is 0 Å². The summed E-state index contributed by atoms with van der Waals surface area (Å²) < 4.78 is 22.6. The number of nitrogens with one attached hydrogen (secondary N) is 1. The predicted octanol–water partition coefficient (Wildman–Crippen LogP) is 8.53. The first kappa shape index (κ1) is 38.8. The van der Waals surface area contributed by atoms with Crippen LogP contribution in [0.5, 0.6) is 5.75 Å². The van der Waals surface area contributed by atoms with Crippen molar-refractivity contribution in [2.45, 2.75) is 102 Å². The van der Waals surface area contributed by atoms with Crippen molar-refractivity contribution in [1.82, 2.24) is 4.72 Å². The van der Waals surface area contributed by atoms with Gasteiger partial charge in [0.15, 0.2) is 0 Å². The van der Waals surface area contributed by atoms with Crippen LogP contribution in [0.1, 0.15) is 101 Å². The minimum absolute atomic E-state index is 0.0585. The number of fused-ring (bicyclic) bond motifs is 2. The second-order valence-electron chi connectivity index (χ2n) is 13.8. The van der Waals surface area contributed by atoms with E-state index in [1.165, 1.54) is 17.5 Å². The molecule has 0 saturated heterocycles. The highest BCUT2D eigenvalue weighted by Gasteiger charge is 2.49. The smallest absolute Gasteiger partial charge is 0.263 e. The summed E-state index contributed by atoms with van der Waals surface area (Å²) in [5.41, 5.74) is 3.14. The minimum Gasteiger partial charge on any atom is -0.491 e. The van der Waals surface area contributed by atoms with E-state index in [9.17, 15) is 14.1 Å². The van der Waals surface area contributed by atoms with Crippen LogP contribution in [-0.4, -0.2) is 63.2 Å². The molecule has 6 nitrogen and oxygen atoms in total. The summed E-state index contributed by atoms with van der Waals surface area (Å²) >= 11 is 6.52. The molecule has 2 aromatic rings. The van der Waals surface area contributed by atoms with Crippen LogP contribution in [0, 0.1) is 17.8 Å². The molecule has 1 fully saturated rings. The monoisotopic (exact) mass is 716 g/mol. The molecule has 1 aliphatic carbocycles. The van der Waals surface area contributed by atoms with Gasteiger partial charge >= 0.3 is 0 Å². The zero-order valence-corrected chi connectivity index (χ0v) is 32.1. The molecule has 5 rings (SSSR count). The van der Waals surface area contributed by atoms with Crippen molar-refractivity contribution in [3.8, 4) is 5.75 Å². The molecular weight excluding hydrogens is 660 g/mol. The molecule has 48 heavy (non-hydrogen) atoms. The number of ether oxygens (including phenoxy) is 1. The summed E-state index contributed by atoms with van der Waals surface area (Å²) in [7, 11) is -1.55. The normalized spacial score (nSPS) is 30.2. The molecule has 266 valence electrons. The molecular formula is C39H57ClN2O4S2. The minimum atomic E-state index is -1.55. The zero-order chi connectivity index (χ0) is 34.8. The molecule has 2 aromatic carbocycles. The third-order valence-corrected chi connectivity index (χ3v) is 13.6. The first-order chi connectivity index (χ1) is 23.2. The van der Waals surface area contributed by atoms with Gasteiger partial charge in [-0.25, -0.2) is 4.21 Å². The van der Waals surface area contributed by atoms with Gasteiger partial charge in [0.1, 0.15) is 16.7 Å². The average molecular weight is 717 g/mol. The third kappa shape index (κ3) is 9.01. The van der Waals surface area contributed by atoms with Crippen LogP contribution < -0.4 is 14.4 Å². The summed E-state index contributed by atoms with van der Waals surface area (Å²) in [6.07, 6.45) is 12.8. The van der Waals surface area contributed by atoms with Crippen LogP contribution in [0.4, 0.5) is 5.69 Å². The lowest BCUT2D eigenvalue weighted by Crippen LogP contribution is -2.54. The zero-order valence-electron chi connectivity index (χ0n) is 29.8. The SMILES string of the molecule is CCCCS[C@@H](C)C1(O)/C=C/CC(C)C(C)S(=O)NC(=O)c2ccc3c(c2)N(CC(c2ccccc2CCC)CO3)CC2CCC21.CCl. The lowest BCUT2D eigenvalue weighted by Gasteiger charge is -2.50. The van der Waals surface area contributed by atoms with Gasteiger partial charge in [-0.1, -0.05) is 77.0 Å². The van der Waals surface area contributed by atoms with Gasteiger partial charge < -0.3 is 14.7 Å². The lowest BCUT2D eigenvalue weighted by molar-refractivity contribution is -0.0432. The van der Waals surface area contributed by atoms with E-state index >= 15 is 0 Å². The number of rotatable bonds is 8. The molecule has 7 unspecified atom stereocenters. The number of carbonyl (C=O) groups is 1. The highest BCUT2D eigenvalue weighted by Crippen LogP contribution is 2.48. The molecule has 0 radical (unpaired) electrons. The van der Waals surface area contributed by atoms with E-state index in [2.05, 4.69) is 85.3 Å². The molecule has 1 saturated carbocycles. The number of unbranched alkanes of at least 4 members (excludes halogenated alkanes) is 1. The van der Waals surface area contributed by atoms with Gasteiger partial charge in [-0.05, 0) is 91.9 Å². The number of aryl methyl sites for hydroxylation is 1. The summed E-state index contributed by atoms with van der Waals surface area (Å²) in [6.45, 7) is 12.7. The Morgan fingerprint density at radius 2 is 1.90 bits per heavy atom. The first-order valence-corrected chi connectivity index (χ1v) is 20.9. The Hall–Kier alpha value is -2.00. The predicted molar refractivity (Wildman–Crippen MR) is 205 cm³/mol. The number of thioether (sulfide) groups is 1. The highest BCUT2D eigenvalue weighted by molar-refractivity contribution is 7.99. The molecule has 2 heterocycles. The third-order valence-electron chi connectivity index (χ3n) is 10.7. The molecule has 9 heteroatoms. The van der Waals surface area contributed by atoms with E-state index in [0.29, 0.717) is 24.5 Å². The second-order valence-corrected chi connectivity index (χ2v) is 16.8. The molecule has 0 aromatic heterocycles. The maximum Gasteiger partial charge on any atom is 0.263 e. The van der Waals surface area contributed by atoms with Gasteiger partial charge in [0.05, 0.1) is 23.1 Å². The van der Waals surface area contributed by atoms with E-state index in [0.717, 1.165) is 68.8 Å². The number of hydrogen-bond acceptors (Lipinski definition) is 6. The summed E-state index contributed by atoms with van der Waals surface area (Å²) in [5.74, 6) is 2.14. The van der Waals surface area contributed by atoms with Gasteiger partial charge in [-0.2, -0.15) is 11.8 Å². The Kier molecular flexibility index (Phi) is 14.8. The quantitative estimate of drug-likeness (QED) is 0.162. The highest BCUT2D eigenvalue weighted by atomic mass is 35.5. The Morgan fingerprint density at radius 1 is 1.12 bits per heavy atom. The van der Waals surface area contributed by atoms with Crippen molar-refractivity contribution in [3.05, 3.63) is 71.3 Å². The van der Waals surface area contributed by atoms with Crippen LogP contribution >= 0.6 is 23.4 Å². The van der Waals surface area contributed by atoms with Crippen molar-refractivity contribution < 1.29 is 18.8 Å². The number of hydrogen-bond donors (Lipinski definition) is 2. The lowest BCUT2D eigenvalue weighted by atomic mass is 9.63. The fraction of sp³-hybridized carbons (Fsp3) is 0.615. The Bertz CT molecular complexity index is 1410. The van der Waals surface area contributed by atoms with Crippen molar-refractivity contribution >= 4 is 45.9 Å². The molecule has 8 atom stereocenters. The number of anilines is 1. The number of nitrogens with zero attached hydrogens (tertiary/aromatic N) is 1. The summed E-state index contributed by atoms with van der Waals surface area (Å²) in [6, 6.07) is 14.3. The number of carbonyl (C=O) groups excluding carboxylic acids is 1. The molecule has 3 aliphatic rings. The Balaban J connectivity index is 0.00000255. The van der Waals surface area contributed by atoms with Crippen LogP contribution in [0.15, 0.2) is 54.6 Å². The maximum absolute atomic E-state index is 13.4. The van der Waals surface area contributed by atoms with Gasteiger partial charge in [-0.15, -0.1) is 11.6 Å². The van der Waals surface area contributed by atoms with Crippen molar-refractivity contribution in [2.75, 3.05) is 36.7 Å². The van der Waals surface area contributed by atoms with Crippen LogP contribution in [-0.2, 0) is 17.4 Å². The van der Waals surface area contributed by atoms with E-state index in [4.69, 9.17) is 4.74 Å². The van der Waals surface area contributed by atoms with E-state index in [1.54, 1.807) is 6.07 Å². The van der Waals surface area contributed by atoms with Gasteiger partial charge in [0, 0.05) is 36.2 Å². The molecule has 2 N–H and O–H groups in total. The average Bonchev–Trinajstić information content (AvgIpc) is 3.26. The largest absolute Gasteiger partial charge is 0.491 e. The van der Waals surface area contributed by atoms with Crippen LogP contribution in [0.3, 0.4) is 0 Å². The molecule has 2 bridgehead atoms. The maximum atomic E-state index is 13.4. The number of alkyl halides is 1. The van der Waals surface area contributed by atoms with Crippen LogP contribution in [0.2, 0.25) is 0 Å². The number of allylic oxidation sites excluding steroid dienone is 1. The van der Waals surface area contributed by atoms with E-state index in [1.807, 2.05) is 30.8 Å². The van der Waals surface area contributed by atoms with Crippen molar-refractivity contribution in [1.29, 1.82) is 0 Å². The van der Waals surface area contributed by atoms with Crippen molar-refractivity contribution in [3.63, 3.8) is 0 Å². The molecule has 0 spiro atoms. The van der Waals surface area contributed by atoms with E-state index in [-0.39, 0.29) is 34.2 Å². The van der Waals surface area contributed by atoms with Gasteiger partial charge in [-0.3, -0.25) is 9.52 Å². The fourth-order valence-electron chi connectivity index (χ4n) is 7.32. The van der Waals surface area contributed by atoms with Gasteiger partial charge in [0.25, 0.3) is 5.91 Å². The number of aliphatic hydroxyl groups is 1. The standard InChI is InChI=1S/C38H54N2O4S2.CH3Cl/c1-6-8-21-45-28(5)38(42)20-11-13-26(3)27(4)46(43)39-37(41)30-17-19-36-35(22-30)40(23-31-16-18-34(31)38)24-32(25-44-36)33-15-10-9-14-29(33)12-7-2;1-2/h9-11,14-15,17,19-20,22,26-28,31-32,34,42H,6-8,12-13,16,18,21,23-25H2,1-5H3,(H,39,41);1H3/b20-11+;/t26?,27?,28-,31?,32?,34?,38?,46?;/m0./s1. The number of benzene rings is 2. The molecule has 1 amide bonds. The van der Waals surface area contributed by atoms with Crippen molar-refractivity contribution in [2.24, 2.45) is 17.8 Å². The number of amides is 1. The molecule has 2 aliphatic heterocycles. The Labute approximate surface area is 301 Å². The van der Waals surface area contributed by atoms with Gasteiger partial charge in [0.2, 0.25) is 0 Å². The summed E-state index contributed by atoms with van der Waals surface area (Å²) in [5, 5.41) is 12.4. The topological polar surface area (TPSA) is 78.9 Å².